The molecule has 3 N–H and O–H groups in total. The molecule has 7 nitrogen and oxygen atoms in total. The fourth-order valence-corrected chi connectivity index (χ4v) is 5.04. The zero-order chi connectivity index (χ0) is 24.0. The van der Waals surface area contributed by atoms with E-state index in [-0.39, 0.29) is 46.8 Å². The number of amides is 2. The fraction of sp³-hybridized carbons (Fsp3) is 0.520. The lowest BCUT2D eigenvalue weighted by molar-refractivity contribution is -0.127. The molecule has 2 heterocycles. The molecule has 9 heteroatoms. The molecular weight excluding hydrogens is 442 g/mol. The molecule has 0 radical (unpaired) electrons. The number of nitrogens with zero attached hydrogens (tertiary/aromatic N) is 1. The average molecular weight is 469 g/mol. The van der Waals surface area contributed by atoms with Gasteiger partial charge in [-0.15, -0.1) is 0 Å². The molecule has 2 amide bonds. The van der Waals surface area contributed by atoms with E-state index in [0.717, 1.165) is 37.8 Å². The van der Waals surface area contributed by atoms with E-state index in [1.54, 1.807) is 0 Å². The van der Waals surface area contributed by atoms with Gasteiger partial charge in [-0.25, -0.2) is 8.78 Å². The molecule has 34 heavy (non-hydrogen) atoms. The van der Waals surface area contributed by atoms with Gasteiger partial charge in [0.1, 0.15) is 17.7 Å². The summed E-state index contributed by atoms with van der Waals surface area (Å²) in [6.07, 6.45) is 5.14. The molecule has 2 saturated carbocycles. The van der Waals surface area contributed by atoms with Crippen LogP contribution in [0.25, 0.3) is 10.9 Å². The Bertz CT molecular complexity index is 1170. The summed E-state index contributed by atoms with van der Waals surface area (Å²) in [5.41, 5.74) is -0.147. The number of halogens is 2. The van der Waals surface area contributed by atoms with Crippen LogP contribution >= 0.6 is 0 Å². The SMILES string of the molecule is N#C[C@H](C[C@@H]1CC2(CC2)NC1=O)NC(=O)[C@@H](CC(=O)c1cc2c(F)ccc(F)c2[nH]1)CC1CC1. The molecule has 3 atom stereocenters. The minimum absolute atomic E-state index is 0.0145. The maximum Gasteiger partial charge on any atom is 0.224 e. The zero-order valence-corrected chi connectivity index (χ0v) is 18.6. The second-order valence-corrected chi connectivity index (χ2v) is 10.1. The van der Waals surface area contributed by atoms with E-state index in [1.807, 2.05) is 0 Å². The molecule has 178 valence electrons. The number of hydrogen-bond acceptors (Lipinski definition) is 4. The number of Topliss-reactive ketones (excluding diaryl/α,β-unsaturated/α-hetero) is 1. The molecule has 1 aromatic heterocycles. The monoisotopic (exact) mass is 468 g/mol. The number of carbonyl (C=O) groups is 3. The minimum atomic E-state index is -0.828. The average Bonchev–Trinajstić information content (AvgIpc) is 3.70. The summed E-state index contributed by atoms with van der Waals surface area (Å²) in [6, 6.07) is 4.51. The first kappa shape index (κ1) is 22.5. The van der Waals surface area contributed by atoms with Crippen molar-refractivity contribution < 1.29 is 23.2 Å². The third kappa shape index (κ3) is 4.54. The number of aromatic nitrogens is 1. The maximum absolute atomic E-state index is 14.0. The lowest BCUT2D eigenvalue weighted by Crippen LogP contribution is -2.40. The second-order valence-electron chi connectivity index (χ2n) is 10.1. The minimum Gasteiger partial charge on any atom is -0.350 e. The van der Waals surface area contributed by atoms with E-state index in [0.29, 0.717) is 18.8 Å². The second kappa shape index (κ2) is 8.49. The number of H-pyrrole nitrogens is 1. The van der Waals surface area contributed by atoms with Crippen LogP contribution in [0.4, 0.5) is 8.78 Å². The van der Waals surface area contributed by atoms with Crippen molar-refractivity contribution in [3.8, 4) is 6.07 Å². The van der Waals surface area contributed by atoms with Gasteiger partial charge in [0.05, 0.1) is 17.3 Å². The molecule has 2 aromatic rings. The normalized spacial score (nSPS) is 22.3. The first-order valence-electron chi connectivity index (χ1n) is 11.8. The van der Waals surface area contributed by atoms with E-state index in [2.05, 4.69) is 21.7 Å². The van der Waals surface area contributed by atoms with Crippen LogP contribution in [-0.4, -0.2) is 34.2 Å². The van der Waals surface area contributed by atoms with E-state index in [9.17, 15) is 28.4 Å². The summed E-state index contributed by atoms with van der Waals surface area (Å²) < 4.78 is 28.0. The highest BCUT2D eigenvalue weighted by Crippen LogP contribution is 2.46. The van der Waals surface area contributed by atoms with Crippen molar-refractivity contribution >= 4 is 28.5 Å². The van der Waals surface area contributed by atoms with Crippen LogP contribution in [0.5, 0.6) is 0 Å². The predicted octanol–water partition coefficient (Wildman–Crippen LogP) is 3.50. The lowest BCUT2D eigenvalue weighted by Gasteiger charge is -2.20. The van der Waals surface area contributed by atoms with Crippen molar-refractivity contribution in [1.82, 2.24) is 15.6 Å². The molecule has 0 bridgehead atoms. The number of nitrogens with one attached hydrogen (secondary N) is 3. The largest absolute Gasteiger partial charge is 0.350 e. The van der Waals surface area contributed by atoms with Gasteiger partial charge in [-0.2, -0.15) is 5.26 Å². The molecule has 3 aliphatic rings. The maximum atomic E-state index is 14.0. The number of ketones is 1. The number of nitriles is 1. The number of rotatable bonds is 9. The van der Waals surface area contributed by atoms with Crippen molar-refractivity contribution in [3.63, 3.8) is 0 Å². The zero-order valence-electron chi connectivity index (χ0n) is 18.6. The van der Waals surface area contributed by atoms with Crippen LogP contribution in [0.2, 0.25) is 0 Å². The van der Waals surface area contributed by atoms with Gasteiger partial charge in [0.15, 0.2) is 5.78 Å². The van der Waals surface area contributed by atoms with E-state index < -0.39 is 35.3 Å². The van der Waals surface area contributed by atoms with Crippen molar-refractivity contribution in [1.29, 1.82) is 5.26 Å². The number of fused-ring (bicyclic) bond motifs is 1. The molecule has 1 aromatic carbocycles. The van der Waals surface area contributed by atoms with E-state index in [1.165, 1.54) is 6.07 Å². The Morgan fingerprint density at radius 3 is 2.56 bits per heavy atom. The van der Waals surface area contributed by atoms with Gasteiger partial charge >= 0.3 is 0 Å². The highest BCUT2D eigenvalue weighted by molar-refractivity contribution is 6.01. The Kier molecular flexibility index (Phi) is 5.62. The van der Waals surface area contributed by atoms with Crippen LogP contribution in [0.3, 0.4) is 0 Å². The van der Waals surface area contributed by atoms with Gasteiger partial charge in [0, 0.05) is 29.2 Å². The molecule has 1 spiro atoms. The predicted molar refractivity (Wildman–Crippen MR) is 118 cm³/mol. The van der Waals surface area contributed by atoms with Crippen LogP contribution in [0.1, 0.15) is 61.9 Å². The third-order valence-corrected chi connectivity index (χ3v) is 7.35. The quantitative estimate of drug-likeness (QED) is 0.489. The standard InChI is InChI=1S/C25H26F2N4O3/c26-18-3-4-19(27)22-17(18)10-20(30-22)21(32)9-14(7-13-1-2-13)23(33)29-16(12-28)8-15-11-25(5-6-25)31-24(15)34/h3-4,10,13-16,30H,1-2,5-9,11H2,(H,29,33)(H,31,34)/t14-,15-,16+/m1/s1. The van der Waals surface area contributed by atoms with Crippen molar-refractivity contribution in [2.75, 3.05) is 0 Å². The van der Waals surface area contributed by atoms with Gasteiger partial charge in [-0.05, 0) is 56.2 Å². The Labute approximate surface area is 195 Å². The third-order valence-electron chi connectivity index (χ3n) is 7.35. The topological polar surface area (TPSA) is 115 Å². The van der Waals surface area contributed by atoms with Gasteiger partial charge in [0.2, 0.25) is 11.8 Å². The number of aromatic amines is 1. The summed E-state index contributed by atoms with van der Waals surface area (Å²) in [7, 11) is 0. The summed E-state index contributed by atoms with van der Waals surface area (Å²) in [5, 5.41) is 15.3. The lowest BCUT2D eigenvalue weighted by atomic mass is 9.92. The summed E-state index contributed by atoms with van der Waals surface area (Å²) >= 11 is 0. The van der Waals surface area contributed by atoms with Gasteiger partial charge < -0.3 is 15.6 Å². The molecular formula is C25H26F2N4O3. The fourth-order valence-electron chi connectivity index (χ4n) is 5.04. The Morgan fingerprint density at radius 1 is 1.21 bits per heavy atom. The molecule has 2 aliphatic carbocycles. The van der Waals surface area contributed by atoms with E-state index in [4.69, 9.17) is 0 Å². The Morgan fingerprint density at radius 2 is 1.94 bits per heavy atom. The summed E-state index contributed by atoms with van der Waals surface area (Å²) in [5.74, 6) is -2.83. The molecule has 1 saturated heterocycles. The molecule has 5 rings (SSSR count). The van der Waals surface area contributed by atoms with Crippen LogP contribution in [0.15, 0.2) is 18.2 Å². The Hall–Kier alpha value is -3.28. The van der Waals surface area contributed by atoms with Gasteiger partial charge in [-0.1, -0.05) is 12.8 Å². The van der Waals surface area contributed by atoms with Crippen molar-refractivity contribution in [2.45, 2.75) is 62.9 Å². The van der Waals surface area contributed by atoms with Crippen molar-refractivity contribution in [2.24, 2.45) is 17.8 Å². The van der Waals surface area contributed by atoms with Crippen LogP contribution < -0.4 is 10.6 Å². The highest BCUT2D eigenvalue weighted by atomic mass is 19.1. The number of carbonyl (C=O) groups excluding carboxylic acids is 3. The number of benzene rings is 1. The highest BCUT2D eigenvalue weighted by Gasteiger charge is 2.52. The number of hydrogen-bond donors (Lipinski definition) is 3. The molecule has 1 aliphatic heterocycles. The summed E-state index contributed by atoms with van der Waals surface area (Å²) in [6.45, 7) is 0. The first-order chi connectivity index (χ1) is 16.3. The Balaban J connectivity index is 1.26. The van der Waals surface area contributed by atoms with E-state index >= 15 is 0 Å². The van der Waals surface area contributed by atoms with Gasteiger partial charge in [-0.3, -0.25) is 14.4 Å². The van der Waals surface area contributed by atoms with Crippen molar-refractivity contribution in [3.05, 3.63) is 35.5 Å². The molecule has 3 fully saturated rings. The molecule has 0 unspecified atom stereocenters. The van der Waals surface area contributed by atoms with Gasteiger partial charge in [0.25, 0.3) is 0 Å². The first-order valence-corrected chi connectivity index (χ1v) is 11.8. The van der Waals surface area contributed by atoms with Crippen LogP contribution in [0, 0.1) is 40.7 Å². The smallest absolute Gasteiger partial charge is 0.224 e. The summed E-state index contributed by atoms with van der Waals surface area (Å²) in [4.78, 5) is 40.9. The van der Waals surface area contributed by atoms with Crippen LogP contribution in [-0.2, 0) is 9.59 Å².